The average Bonchev–Trinajstić information content (AvgIpc) is 2.54. The van der Waals surface area contributed by atoms with Crippen LogP contribution in [0.5, 0.6) is 0 Å². The monoisotopic (exact) mass is 284 g/mol. The molecule has 0 radical (unpaired) electrons. The van der Waals surface area contributed by atoms with Gasteiger partial charge in [0.15, 0.2) is 5.84 Å². The highest BCUT2D eigenvalue weighted by Gasteiger charge is 2.12. The molecule has 108 valence electrons. The van der Waals surface area contributed by atoms with E-state index in [4.69, 9.17) is 10.9 Å². The summed E-state index contributed by atoms with van der Waals surface area (Å²) in [4.78, 5) is 17.7. The van der Waals surface area contributed by atoms with Gasteiger partial charge in [-0.1, -0.05) is 23.4 Å². The summed E-state index contributed by atoms with van der Waals surface area (Å²) >= 11 is 0. The SMILES string of the molecule is CN(Cc1cccc(C(N)=NO)c1)C(=O)c1cccnc1. The molecule has 0 saturated carbocycles. The van der Waals surface area contributed by atoms with Crippen molar-refractivity contribution >= 4 is 11.7 Å². The average molecular weight is 284 g/mol. The molecule has 2 aromatic rings. The predicted molar refractivity (Wildman–Crippen MR) is 79.0 cm³/mol. The fraction of sp³-hybridized carbons (Fsp3) is 0.133. The van der Waals surface area contributed by atoms with Crippen LogP contribution in [0.25, 0.3) is 0 Å². The fourth-order valence-corrected chi connectivity index (χ4v) is 1.94. The highest BCUT2D eigenvalue weighted by Crippen LogP contribution is 2.10. The summed E-state index contributed by atoms with van der Waals surface area (Å²) in [6.45, 7) is 0.417. The highest BCUT2D eigenvalue weighted by molar-refractivity contribution is 5.97. The van der Waals surface area contributed by atoms with Crippen LogP contribution in [-0.4, -0.2) is 33.9 Å². The van der Waals surface area contributed by atoms with Gasteiger partial charge in [0.2, 0.25) is 0 Å². The molecular formula is C15H16N4O2. The van der Waals surface area contributed by atoms with Crippen LogP contribution in [0.4, 0.5) is 0 Å². The normalized spacial score (nSPS) is 11.2. The van der Waals surface area contributed by atoms with Gasteiger partial charge in [-0.2, -0.15) is 0 Å². The van der Waals surface area contributed by atoms with Crippen LogP contribution in [-0.2, 0) is 6.54 Å². The lowest BCUT2D eigenvalue weighted by molar-refractivity contribution is 0.0784. The minimum Gasteiger partial charge on any atom is -0.409 e. The molecule has 0 aliphatic heterocycles. The second-order valence-corrected chi connectivity index (χ2v) is 4.59. The van der Waals surface area contributed by atoms with Crippen molar-refractivity contribution in [1.82, 2.24) is 9.88 Å². The summed E-state index contributed by atoms with van der Waals surface area (Å²) < 4.78 is 0. The molecule has 0 aliphatic carbocycles. The Bertz CT molecular complexity index is 656. The molecule has 0 bridgehead atoms. The van der Waals surface area contributed by atoms with Crippen LogP contribution in [0.3, 0.4) is 0 Å². The second-order valence-electron chi connectivity index (χ2n) is 4.59. The number of pyridine rings is 1. The van der Waals surface area contributed by atoms with Crippen molar-refractivity contribution in [2.75, 3.05) is 7.05 Å². The first-order valence-electron chi connectivity index (χ1n) is 6.34. The molecule has 0 atom stereocenters. The van der Waals surface area contributed by atoms with E-state index in [1.165, 1.54) is 6.20 Å². The van der Waals surface area contributed by atoms with Gasteiger partial charge in [-0.05, 0) is 23.8 Å². The van der Waals surface area contributed by atoms with Gasteiger partial charge < -0.3 is 15.8 Å². The molecular weight excluding hydrogens is 268 g/mol. The molecule has 6 heteroatoms. The quantitative estimate of drug-likeness (QED) is 0.385. The minimum absolute atomic E-state index is 0.0399. The molecule has 1 heterocycles. The zero-order valence-electron chi connectivity index (χ0n) is 11.6. The fourth-order valence-electron chi connectivity index (χ4n) is 1.94. The van der Waals surface area contributed by atoms with Gasteiger partial charge >= 0.3 is 0 Å². The summed E-state index contributed by atoms with van der Waals surface area (Å²) in [6.07, 6.45) is 3.16. The van der Waals surface area contributed by atoms with E-state index in [2.05, 4.69) is 10.1 Å². The number of carbonyl (C=O) groups excluding carboxylic acids is 1. The number of benzene rings is 1. The number of rotatable bonds is 4. The lowest BCUT2D eigenvalue weighted by atomic mass is 10.1. The van der Waals surface area contributed by atoms with Crippen LogP contribution in [0.1, 0.15) is 21.5 Å². The maximum absolute atomic E-state index is 12.2. The van der Waals surface area contributed by atoms with E-state index < -0.39 is 0 Å². The van der Waals surface area contributed by atoms with Gasteiger partial charge in [-0.25, -0.2) is 0 Å². The van der Waals surface area contributed by atoms with Crippen molar-refractivity contribution in [2.24, 2.45) is 10.9 Å². The number of nitrogens with two attached hydrogens (primary N) is 1. The number of carbonyl (C=O) groups is 1. The van der Waals surface area contributed by atoms with Gasteiger partial charge in [0, 0.05) is 31.5 Å². The molecule has 0 spiro atoms. The van der Waals surface area contributed by atoms with E-state index in [0.717, 1.165) is 5.56 Å². The third-order valence-corrected chi connectivity index (χ3v) is 3.01. The van der Waals surface area contributed by atoms with E-state index >= 15 is 0 Å². The summed E-state index contributed by atoms with van der Waals surface area (Å²) in [7, 11) is 1.71. The zero-order chi connectivity index (χ0) is 15.2. The molecule has 0 saturated heterocycles. The van der Waals surface area contributed by atoms with Gasteiger partial charge in [-0.15, -0.1) is 0 Å². The number of oxime groups is 1. The Balaban J connectivity index is 2.13. The Morgan fingerprint density at radius 2 is 2.10 bits per heavy atom. The molecule has 2 rings (SSSR count). The number of hydrogen-bond donors (Lipinski definition) is 2. The molecule has 1 amide bonds. The molecule has 1 aromatic heterocycles. The third kappa shape index (κ3) is 3.56. The highest BCUT2D eigenvalue weighted by atomic mass is 16.4. The van der Waals surface area contributed by atoms with Crippen molar-refractivity contribution in [3.8, 4) is 0 Å². The maximum atomic E-state index is 12.2. The van der Waals surface area contributed by atoms with Gasteiger partial charge in [0.05, 0.1) is 5.56 Å². The molecule has 0 unspecified atom stereocenters. The van der Waals surface area contributed by atoms with Crippen LogP contribution >= 0.6 is 0 Å². The van der Waals surface area contributed by atoms with E-state index in [1.54, 1.807) is 48.5 Å². The van der Waals surface area contributed by atoms with E-state index in [-0.39, 0.29) is 11.7 Å². The van der Waals surface area contributed by atoms with Crippen LogP contribution in [0.15, 0.2) is 53.9 Å². The number of amidine groups is 1. The smallest absolute Gasteiger partial charge is 0.255 e. The van der Waals surface area contributed by atoms with Crippen molar-refractivity contribution in [3.05, 3.63) is 65.5 Å². The minimum atomic E-state index is -0.114. The van der Waals surface area contributed by atoms with E-state index in [1.807, 2.05) is 6.07 Å². The van der Waals surface area contributed by atoms with Gasteiger partial charge in [0.25, 0.3) is 5.91 Å². The Morgan fingerprint density at radius 3 is 2.76 bits per heavy atom. The molecule has 6 nitrogen and oxygen atoms in total. The number of nitrogens with zero attached hydrogens (tertiary/aromatic N) is 3. The van der Waals surface area contributed by atoms with Crippen molar-refractivity contribution in [3.63, 3.8) is 0 Å². The summed E-state index contributed by atoms with van der Waals surface area (Å²) in [5, 5.41) is 11.7. The summed E-state index contributed by atoms with van der Waals surface area (Å²) in [5.74, 6) is -0.0737. The van der Waals surface area contributed by atoms with Gasteiger partial charge in [0.1, 0.15) is 0 Å². The summed E-state index contributed by atoms with van der Waals surface area (Å²) in [5.41, 5.74) is 7.59. The zero-order valence-corrected chi connectivity index (χ0v) is 11.6. The Labute approximate surface area is 122 Å². The number of aromatic nitrogens is 1. The molecule has 21 heavy (non-hydrogen) atoms. The first kappa shape index (κ1) is 14.5. The number of amides is 1. The molecule has 0 fully saturated rings. The number of hydrogen-bond acceptors (Lipinski definition) is 4. The first-order chi connectivity index (χ1) is 10.1. The standard InChI is InChI=1S/C15H16N4O2/c1-19(15(20)13-6-3-7-17-9-13)10-11-4-2-5-12(8-11)14(16)18-21/h2-9,21H,10H2,1H3,(H2,16,18). The van der Waals surface area contributed by atoms with Crippen molar-refractivity contribution in [2.45, 2.75) is 6.54 Å². The van der Waals surface area contributed by atoms with Crippen molar-refractivity contribution in [1.29, 1.82) is 0 Å². The lowest BCUT2D eigenvalue weighted by Crippen LogP contribution is -2.26. The van der Waals surface area contributed by atoms with E-state index in [9.17, 15) is 4.79 Å². The summed E-state index contributed by atoms with van der Waals surface area (Å²) in [6, 6.07) is 10.6. The largest absolute Gasteiger partial charge is 0.409 e. The Kier molecular flexibility index (Phi) is 4.50. The first-order valence-corrected chi connectivity index (χ1v) is 6.34. The third-order valence-electron chi connectivity index (χ3n) is 3.01. The van der Waals surface area contributed by atoms with Gasteiger partial charge in [-0.3, -0.25) is 9.78 Å². The Hall–Kier alpha value is -2.89. The Morgan fingerprint density at radius 1 is 1.33 bits per heavy atom. The molecule has 3 N–H and O–H groups in total. The predicted octanol–water partition coefficient (Wildman–Crippen LogP) is 1.45. The lowest BCUT2D eigenvalue weighted by Gasteiger charge is -2.17. The molecule has 0 aliphatic rings. The van der Waals surface area contributed by atoms with Crippen LogP contribution < -0.4 is 5.73 Å². The van der Waals surface area contributed by atoms with Crippen LogP contribution in [0, 0.1) is 0 Å². The second kappa shape index (κ2) is 6.51. The topological polar surface area (TPSA) is 91.8 Å². The maximum Gasteiger partial charge on any atom is 0.255 e. The van der Waals surface area contributed by atoms with Crippen molar-refractivity contribution < 1.29 is 10.0 Å². The van der Waals surface area contributed by atoms with Crippen LogP contribution in [0.2, 0.25) is 0 Å². The molecule has 1 aromatic carbocycles. The van der Waals surface area contributed by atoms with E-state index in [0.29, 0.717) is 17.7 Å².